The highest BCUT2D eigenvalue weighted by Crippen LogP contribution is 2.67. The highest BCUT2D eigenvalue weighted by Gasteiger charge is 2.16. The van der Waals surface area contributed by atoms with Gasteiger partial charge in [-0.25, -0.2) is 4.74 Å². The average Bonchev–Trinajstić information content (AvgIpc) is 1.99. The van der Waals surface area contributed by atoms with E-state index in [-0.39, 0.29) is 16.4 Å². The van der Waals surface area contributed by atoms with Crippen LogP contribution in [-0.4, -0.2) is 4.92 Å². The molecule has 15 heavy (non-hydrogen) atoms. The molecule has 4 nitrogen and oxygen atoms in total. The van der Waals surface area contributed by atoms with E-state index in [1.165, 1.54) is 18.2 Å². The molecule has 1 aromatic rings. The van der Waals surface area contributed by atoms with Crippen LogP contribution in [0.4, 0.5) is 11.4 Å². The lowest BCUT2D eigenvalue weighted by molar-refractivity contribution is -0.384. The van der Waals surface area contributed by atoms with E-state index in [0.717, 1.165) is 0 Å². The van der Waals surface area contributed by atoms with Gasteiger partial charge in [-0.05, 0) is 45.9 Å². The summed E-state index contributed by atoms with van der Waals surface area (Å²) in [4.78, 5) is 9.99. The van der Waals surface area contributed by atoms with Crippen molar-refractivity contribution >= 4 is 61.8 Å². The minimum absolute atomic E-state index is 0.0270. The Hall–Kier alpha value is 0.01000. The Morgan fingerprint density at radius 3 is 2.40 bits per heavy atom. The largest absolute Gasteiger partial charge is 0.294 e. The predicted octanol–water partition coefficient (Wildman–Crippen LogP) is 5.54. The quantitative estimate of drug-likeness (QED) is 0.409. The minimum Gasteiger partial charge on any atom is -0.258 e. The van der Waals surface area contributed by atoms with Gasteiger partial charge in [-0.15, -0.1) is 0 Å². The van der Waals surface area contributed by atoms with Crippen molar-refractivity contribution in [3.8, 4) is 0 Å². The van der Waals surface area contributed by atoms with E-state index in [1.54, 1.807) is 0 Å². The number of halogens is 4. The van der Waals surface area contributed by atoms with E-state index in [0.29, 0.717) is 0 Å². The second kappa shape index (κ2) is 4.89. The maximum atomic E-state index is 10.6. The molecule has 0 unspecified atom stereocenters. The van der Waals surface area contributed by atoms with Gasteiger partial charge in [0, 0.05) is 11.1 Å². The first-order valence-corrected chi connectivity index (χ1v) is 8.28. The summed E-state index contributed by atoms with van der Waals surface area (Å²) in [6, 6.07) is 3.86. The smallest absolute Gasteiger partial charge is 0.258 e. The number of benzene rings is 1. The zero-order valence-corrected chi connectivity index (χ0v) is 10.8. The van der Waals surface area contributed by atoms with E-state index < -0.39 is 10.0 Å². The molecule has 1 aromatic carbocycles. The van der Waals surface area contributed by atoms with Crippen molar-refractivity contribution in [1.29, 1.82) is 0 Å². The first kappa shape index (κ1) is 13.1. The number of nitrogens with zero attached hydrogens (tertiary/aromatic N) is 2. The van der Waals surface area contributed by atoms with Gasteiger partial charge >= 0.3 is 0 Å². The molecule has 0 bridgehead atoms. The van der Waals surface area contributed by atoms with Crippen molar-refractivity contribution in [3.63, 3.8) is 0 Å². The van der Waals surface area contributed by atoms with Crippen LogP contribution in [0.2, 0.25) is 5.02 Å². The van der Waals surface area contributed by atoms with Gasteiger partial charge in [-0.2, -0.15) is 0 Å². The third kappa shape index (κ3) is 4.17. The van der Waals surface area contributed by atoms with Crippen molar-refractivity contribution in [2.45, 2.75) is 0 Å². The molecule has 0 heterocycles. The van der Waals surface area contributed by atoms with E-state index in [9.17, 15) is 10.1 Å². The molecule has 0 aliphatic heterocycles. The zero-order valence-electron chi connectivity index (χ0n) is 6.90. The van der Waals surface area contributed by atoms with Crippen LogP contribution >= 0.6 is 50.4 Å². The average molecular weight is 308 g/mol. The van der Waals surface area contributed by atoms with Gasteiger partial charge in [0.1, 0.15) is 5.69 Å². The van der Waals surface area contributed by atoms with E-state index in [1.807, 2.05) is 0 Å². The third-order valence-corrected chi connectivity index (χ3v) is 2.71. The standard InChI is InChI=1S/C6H3Cl4N2O2P/c7-4-1-2-6(12(13)14)5(3-4)11-15(8,9)10/h1-3H. The van der Waals surface area contributed by atoms with Crippen LogP contribution in [0, 0.1) is 10.1 Å². The number of hydrogen-bond acceptors (Lipinski definition) is 3. The topological polar surface area (TPSA) is 55.5 Å². The molecule has 0 saturated heterocycles. The molecule has 0 aliphatic rings. The molecule has 0 amide bonds. The molecular formula is C6H3Cl4N2O2P. The highest BCUT2D eigenvalue weighted by molar-refractivity contribution is 8.26. The van der Waals surface area contributed by atoms with Gasteiger partial charge < -0.3 is 0 Å². The van der Waals surface area contributed by atoms with Gasteiger partial charge in [0.15, 0.2) is 0 Å². The molecule has 0 saturated carbocycles. The maximum absolute atomic E-state index is 10.6. The van der Waals surface area contributed by atoms with Crippen LogP contribution < -0.4 is 0 Å². The molecule has 0 atom stereocenters. The van der Waals surface area contributed by atoms with Crippen LogP contribution in [0.15, 0.2) is 22.9 Å². The Morgan fingerprint density at radius 2 is 1.93 bits per heavy atom. The molecule has 0 spiro atoms. The minimum atomic E-state index is -3.05. The fourth-order valence-corrected chi connectivity index (χ4v) is 2.16. The van der Waals surface area contributed by atoms with Crippen LogP contribution in [0.1, 0.15) is 0 Å². The van der Waals surface area contributed by atoms with Crippen molar-refractivity contribution in [2.24, 2.45) is 4.74 Å². The SMILES string of the molecule is O=[N+]([O-])c1ccc(Cl)cc1N=P(Cl)(Cl)Cl. The number of nitro benzene ring substituents is 1. The van der Waals surface area contributed by atoms with Crippen molar-refractivity contribution in [2.75, 3.05) is 0 Å². The fraction of sp³-hybridized carbons (Fsp3) is 0. The second-order valence-electron chi connectivity index (χ2n) is 2.41. The lowest BCUT2D eigenvalue weighted by Crippen LogP contribution is -1.87. The van der Waals surface area contributed by atoms with Crippen LogP contribution in [-0.2, 0) is 0 Å². The Labute approximate surface area is 105 Å². The van der Waals surface area contributed by atoms with Crippen molar-refractivity contribution in [1.82, 2.24) is 0 Å². The van der Waals surface area contributed by atoms with E-state index in [2.05, 4.69) is 4.74 Å². The lowest BCUT2D eigenvalue weighted by atomic mass is 10.3. The molecule has 0 fully saturated rings. The molecule has 0 aliphatic carbocycles. The van der Waals surface area contributed by atoms with Crippen LogP contribution in [0.5, 0.6) is 0 Å². The zero-order chi connectivity index (χ0) is 11.6. The highest BCUT2D eigenvalue weighted by atomic mass is 36.0. The van der Waals surface area contributed by atoms with Gasteiger partial charge in [-0.3, -0.25) is 10.1 Å². The van der Waals surface area contributed by atoms with Gasteiger partial charge in [0.2, 0.25) is 5.11 Å². The fourth-order valence-electron chi connectivity index (χ4n) is 0.853. The summed E-state index contributed by atoms with van der Waals surface area (Å²) in [5.74, 6) is 0. The summed E-state index contributed by atoms with van der Waals surface area (Å²) < 4.78 is 3.65. The van der Waals surface area contributed by atoms with E-state index >= 15 is 0 Å². The Morgan fingerprint density at radius 1 is 1.33 bits per heavy atom. The molecule has 82 valence electrons. The maximum Gasteiger partial charge on any atom is 0.294 e. The predicted molar refractivity (Wildman–Crippen MR) is 64.7 cm³/mol. The summed E-state index contributed by atoms with van der Waals surface area (Å²) in [5, 5.41) is 7.85. The first-order valence-electron chi connectivity index (χ1n) is 3.45. The molecule has 0 aromatic heterocycles. The van der Waals surface area contributed by atoms with Crippen molar-refractivity contribution < 1.29 is 4.92 Å². The Bertz CT molecular complexity index is 450. The number of nitro groups is 1. The number of rotatable bonds is 2. The van der Waals surface area contributed by atoms with Gasteiger partial charge in [-0.1, -0.05) is 11.6 Å². The first-order chi connectivity index (χ1) is 6.79. The molecule has 1 rings (SSSR count). The second-order valence-corrected chi connectivity index (χ2v) is 9.84. The van der Waals surface area contributed by atoms with Crippen LogP contribution in [0.25, 0.3) is 0 Å². The summed E-state index contributed by atoms with van der Waals surface area (Å²) in [6.45, 7) is 0. The molecule has 0 radical (unpaired) electrons. The molecule has 0 N–H and O–H groups in total. The number of hydrogen-bond donors (Lipinski definition) is 0. The Kier molecular flexibility index (Phi) is 4.27. The normalized spacial score (nSPS) is 11.2. The summed E-state index contributed by atoms with van der Waals surface area (Å²) in [5.41, 5.74) is -0.272. The summed E-state index contributed by atoms with van der Waals surface area (Å²) >= 11 is 22.2. The molecular weight excluding hydrogens is 305 g/mol. The molecule has 9 heteroatoms. The monoisotopic (exact) mass is 306 g/mol. The Balaban J connectivity index is 3.38. The summed E-state index contributed by atoms with van der Waals surface area (Å²) in [7, 11) is 0. The van der Waals surface area contributed by atoms with Crippen LogP contribution in [0.3, 0.4) is 0 Å². The van der Waals surface area contributed by atoms with Gasteiger partial charge in [0.25, 0.3) is 5.69 Å². The lowest BCUT2D eigenvalue weighted by Gasteiger charge is -2.00. The third-order valence-electron chi connectivity index (χ3n) is 1.36. The van der Waals surface area contributed by atoms with Crippen molar-refractivity contribution in [3.05, 3.63) is 33.3 Å². The van der Waals surface area contributed by atoms with E-state index in [4.69, 9.17) is 45.3 Å². The summed E-state index contributed by atoms with van der Waals surface area (Å²) in [6.07, 6.45) is 0. The van der Waals surface area contributed by atoms with Gasteiger partial charge in [0.05, 0.1) is 4.92 Å².